The Kier molecular flexibility index (Phi) is 4.91. The highest BCUT2D eigenvalue weighted by Gasteiger charge is 2.08. The van der Waals surface area contributed by atoms with E-state index in [2.05, 4.69) is 5.32 Å². The van der Waals surface area contributed by atoms with Gasteiger partial charge in [0.15, 0.2) is 9.84 Å². The van der Waals surface area contributed by atoms with Crippen molar-refractivity contribution in [1.82, 2.24) is 0 Å². The van der Waals surface area contributed by atoms with E-state index in [1.807, 2.05) is 0 Å². The van der Waals surface area contributed by atoms with Crippen LogP contribution < -0.4 is 11.1 Å². The van der Waals surface area contributed by atoms with Gasteiger partial charge in [0.05, 0.1) is 27.2 Å². The van der Waals surface area contributed by atoms with Crippen molar-refractivity contribution in [3.05, 3.63) is 22.2 Å². The molecule has 0 amide bonds. The molecule has 0 heterocycles. The minimum Gasteiger partial charge on any atom is -0.397 e. The summed E-state index contributed by atoms with van der Waals surface area (Å²) < 4.78 is 22.6. The summed E-state index contributed by atoms with van der Waals surface area (Å²) in [6.07, 6.45) is 0. The molecule has 96 valence electrons. The van der Waals surface area contributed by atoms with Gasteiger partial charge >= 0.3 is 0 Å². The van der Waals surface area contributed by atoms with E-state index < -0.39 is 9.84 Å². The molecule has 0 aromatic heterocycles. The normalized spacial score (nSPS) is 11.5. The van der Waals surface area contributed by atoms with Crippen molar-refractivity contribution in [2.75, 3.05) is 29.1 Å². The zero-order chi connectivity index (χ0) is 13.1. The van der Waals surface area contributed by atoms with Crippen LogP contribution in [0.1, 0.15) is 6.92 Å². The van der Waals surface area contributed by atoms with Crippen LogP contribution in [-0.2, 0) is 9.84 Å². The lowest BCUT2D eigenvalue weighted by atomic mass is 10.2. The Hall–Kier alpha value is -0.650. The summed E-state index contributed by atoms with van der Waals surface area (Å²) in [6.45, 7) is 1.90. The molecule has 0 saturated carbocycles. The molecule has 4 nitrogen and oxygen atoms in total. The van der Waals surface area contributed by atoms with Crippen molar-refractivity contribution in [2.45, 2.75) is 6.92 Å². The Bertz CT molecular complexity index is 503. The molecular weight excluding hydrogens is 283 g/mol. The van der Waals surface area contributed by atoms with Gasteiger partial charge in [0.2, 0.25) is 0 Å². The summed E-state index contributed by atoms with van der Waals surface area (Å²) >= 11 is 11.6. The lowest BCUT2D eigenvalue weighted by Gasteiger charge is -2.10. The molecule has 0 saturated heterocycles. The van der Waals surface area contributed by atoms with Gasteiger partial charge in [-0.25, -0.2) is 8.42 Å². The zero-order valence-corrected chi connectivity index (χ0v) is 11.7. The molecule has 0 aliphatic carbocycles. The van der Waals surface area contributed by atoms with Crippen LogP contribution in [0.2, 0.25) is 10.0 Å². The van der Waals surface area contributed by atoms with Crippen molar-refractivity contribution in [1.29, 1.82) is 0 Å². The molecule has 7 heteroatoms. The molecule has 0 fully saturated rings. The average molecular weight is 297 g/mol. The van der Waals surface area contributed by atoms with Crippen LogP contribution in [0.4, 0.5) is 11.4 Å². The number of hydrogen-bond acceptors (Lipinski definition) is 4. The molecule has 17 heavy (non-hydrogen) atoms. The van der Waals surface area contributed by atoms with Crippen LogP contribution >= 0.6 is 23.2 Å². The summed E-state index contributed by atoms with van der Waals surface area (Å²) in [6, 6.07) is 3.11. The fraction of sp³-hybridized carbons (Fsp3) is 0.400. The van der Waals surface area contributed by atoms with Gasteiger partial charge in [0, 0.05) is 12.3 Å². The number of nitrogen functional groups attached to an aromatic ring is 1. The molecule has 0 bridgehead atoms. The van der Waals surface area contributed by atoms with E-state index in [9.17, 15) is 8.42 Å². The molecule has 0 unspecified atom stereocenters. The Morgan fingerprint density at radius 3 is 2.47 bits per heavy atom. The van der Waals surface area contributed by atoms with E-state index in [0.29, 0.717) is 28.0 Å². The first kappa shape index (κ1) is 14.4. The predicted octanol–water partition coefficient (Wildman–Crippen LogP) is 2.42. The SMILES string of the molecule is CCS(=O)(=O)CCNc1cc(Cl)c(Cl)cc1N. The highest BCUT2D eigenvalue weighted by molar-refractivity contribution is 7.91. The fourth-order valence-electron chi connectivity index (χ4n) is 1.20. The quantitative estimate of drug-likeness (QED) is 0.819. The van der Waals surface area contributed by atoms with Crippen LogP contribution in [0.25, 0.3) is 0 Å². The van der Waals surface area contributed by atoms with Gasteiger partial charge in [-0.05, 0) is 12.1 Å². The second-order valence-electron chi connectivity index (χ2n) is 3.52. The zero-order valence-electron chi connectivity index (χ0n) is 9.33. The van der Waals surface area contributed by atoms with E-state index in [1.165, 1.54) is 6.07 Å². The molecule has 1 rings (SSSR count). The van der Waals surface area contributed by atoms with Gasteiger partial charge in [0.25, 0.3) is 0 Å². The monoisotopic (exact) mass is 296 g/mol. The van der Waals surface area contributed by atoms with Crippen molar-refractivity contribution in [2.24, 2.45) is 0 Å². The number of hydrogen-bond donors (Lipinski definition) is 2. The average Bonchev–Trinajstić information content (AvgIpc) is 2.25. The standard InChI is InChI=1S/C10H14Cl2N2O2S/c1-2-17(15,16)4-3-14-10-6-8(12)7(11)5-9(10)13/h5-6,14H,2-4,13H2,1H3. The smallest absolute Gasteiger partial charge is 0.151 e. The molecule has 1 aromatic rings. The topological polar surface area (TPSA) is 72.2 Å². The first-order valence-electron chi connectivity index (χ1n) is 5.04. The van der Waals surface area contributed by atoms with Crippen molar-refractivity contribution >= 4 is 44.4 Å². The van der Waals surface area contributed by atoms with E-state index in [0.717, 1.165) is 0 Å². The van der Waals surface area contributed by atoms with Gasteiger partial charge in [-0.15, -0.1) is 0 Å². The molecule has 0 aliphatic heterocycles. The Balaban J connectivity index is 2.68. The summed E-state index contributed by atoms with van der Waals surface area (Å²) in [5.74, 6) is 0.189. The number of sulfone groups is 1. The summed E-state index contributed by atoms with van der Waals surface area (Å²) in [5, 5.41) is 3.67. The molecule has 0 aliphatic rings. The number of nitrogens with one attached hydrogen (secondary N) is 1. The maximum Gasteiger partial charge on any atom is 0.151 e. The summed E-state index contributed by atoms with van der Waals surface area (Å²) in [7, 11) is -2.98. The Labute approximate surface area is 111 Å². The Morgan fingerprint density at radius 1 is 1.29 bits per heavy atom. The largest absolute Gasteiger partial charge is 0.397 e. The van der Waals surface area contributed by atoms with Crippen LogP contribution in [0.15, 0.2) is 12.1 Å². The van der Waals surface area contributed by atoms with Gasteiger partial charge in [0.1, 0.15) is 0 Å². The van der Waals surface area contributed by atoms with E-state index >= 15 is 0 Å². The van der Waals surface area contributed by atoms with Crippen LogP contribution in [-0.4, -0.2) is 26.5 Å². The number of halogens is 2. The molecule has 0 spiro atoms. The lowest BCUT2D eigenvalue weighted by molar-refractivity contribution is 0.597. The van der Waals surface area contributed by atoms with E-state index in [4.69, 9.17) is 28.9 Å². The first-order chi connectivity index (χ1) is 7.85. The highest BCUT2D eigenvalue weighted by Crippen LogP contribution is 2.30. The molecule has 0 radical (unpaired) electrons. The molecule has 3 N–H and O–H groups in total. The summed E-state index contributed by atoms with van der Waals surface area (Å²) in [5.41, 5.74) is 6.74. The van der Waals surface area contributed by atoms with E-state index in [-0.39, 0.29) is 11.5 Å². The molecule has 0 atom stereocenters. The number of benzene rings is 1. The second-order valence-corrected chi connectivity index (χ2v) is 6.80. The lowest BCUT2D eigenvalue weighted by Crippen LogP contribution is -2.17. The third kappa shape index (κ3) is 4.26. The number of rotatable bonds is 5. The van der Waals surface area contributed by atoms with Crippen LogP contribution in [0.5, 0.6) is 0 Å². The minimum atomic E-state index is -2.98. The second kappa shape index (κ2) is 5.80. The van der Waals surface area contributed by atoms with E-state index in [1.54, 1.807) is 13.0 Å². The maximum atomic E-state index is 11.3. The van der Waals surface area contributed by atoms with Crippen molar-refractivity contribution in [3.63, 3.8) is 0 Å². The molecule has 1 aromatic carbocycles. The first-order valence-corrected chi connectivity index (χ1v) is 7.62. The van der Waals surface area contributed by atoms with Crippen LogP contribution in [0.3, 0.4) is 0 Å². The third-order valence-corrected chi connectivity index (χ3v) is 4.69. The van der Waals surface area contributed by atoms with Crippen LogP contribution in [0, 0.1) is 0 Å². The van der Waals surface area contributed by atoms with Gasteiger partial charge in [-0.3, -0.25) is 0 Å². The van der Waals surface area contributed by atoms with Crippen molar-refractivity contribution in [3.8, 4) is 0 Å². The summed E-state index contributed by atoms with van der Waals surface area (Å²) in [4.78, 5) is 0. The highest BCUT2D eigenvalue weighted by atomic mass is 35.5. The van der Waals surface area contributed by atoms with Gasteiger partial charge in [-0.2, -0.15) is 0 Å². The predicted molar refractivity (Wildman–Crippen MR) is 73.7 cm³/mol. The van der Waals surface area contributed by atoms with Gasteiger partial charge in [-0.1, -0.05) is 30.1 Å². The fourth-order valence-corrected chi connectivity index (χ4v) is 2.24. The molecular formula is C10H14Cl2N2O2S. The minimum absolute atomic E-state index is 0.0587. The Morgan fingerprint density at radius 2 is 1.88 bits per heavy atom. The third-order valence-electron chi connectivity index (χ3n) is 2.26. The number of anilines is 2. The van der Waals surface area contributed by atoms with Gasteiger partial charge < -0.3 is 11.1 Å². The number of nitrogens with two attached hydrogens (primary N) is 1. The van der Waals surface area contributed by atoms with Crippen molar-refractivity contribution < 1.29 is 8.42 Å². The maximum absolute atomic E-state index is 11.3.